The Kier molecular flexibility index (Phi) is 5.71. The minimum Gasteiger partial charge on any atom is -0.380 e. The molecule has 0 aliphatic rings. The summed E-state index contributed by atoms with van der Waals surface area (Å²) in [5.41, 5.74) is 3.68. The zero-order chi connectivity index (χ0) is 17.6. The van der Waals surface area contributed by atoms with Gasteiger partial charge in [-0.05, 0) is 31.0 Å². The van der Waals surface area contributed by atoms with E-state index in [1.54, 1.807) is 0 Å². The minimum absolute atomic E-state index is 0.752. The molecule has 1 aromatic carbocycles. The van der Waals surface area contributed by atoms with Gasteiger partial charge in [-0.2, -0.15) is 0 Å². The van der Waals surface area contributed by atoms with Crippen LogP contribution in [0.4, 0.5) is 5.69 Å². The number of hydrogen-bond acceptors (Lipinski definition) is 3. The van der Waals surface area contributed by atoms with E-state index in [1.807, 2.05) is 18.5 Å². The highest BCUT2D eigenvalue weighted by Crippen LogP contribution is 2.30. The summed E-state index contributed by atoms with van der Waals surface area (Å²) in [5, 5.41) is 2.45. The Hall–Kier alpha value is -2.33. The van der Waals surface area contributed by atoms with Gasteiger partial charge in [-0.3, -0.25) is 4.98 Å². The monoisotopic (exact) mass is 337 g/mol. The van der Waals surface area contributed by atoms with Gasteiger partial charge in [-0.15, -0.1) is 6.58 Å². The highest BCUT2D eigenvalue weighted by Gasteiger charge is 2.12. The normalized spacial score (nSPS) is 11.3. The molecule has 2 heterocycles. The van der Waals surface area contributed by atoms with Crippen LogP contribution in [0, 0.1) is 0 Å². The molecule has 4 nitrogen and oxygen atoms in total. The number of pyridine rings is 1. The van der Waals surface area contributed by atoms with E-state index < -0.39 is 0 Å². The topological polar surface area (TPSA) is 30.3 Å². The lowest BCUT2D eigenvalue weighted by molar-refractivity contribution is 0.141. The first-order valence-corrected chi connectivity index (χ1v) is 9.02. The number of fused-ring (bicyclic) bond motifs is 3. The number of ether oxygens (including phenoxy) is 1. The van der Waals surface area contributed by atoms with Gasteiger partial charge in [-0.25, -0.2) is 0 Å². The predicted octanol–water partition coefficient (Wildman–Crippen LogP) is 4.54. The molecule has 4 heteroatoms. The third kappa shape index (κ3) is 3.69. The fraction of sp³-hybridized carbons (Fsp3) is 0.381. The molecule has 0 aliphatic carbocycles. The van der Waals surface area contributed by atoms with Crippen LogP contribution in [0.25, 0.3) is 21.8 Å². The van der Waals surface area contributed by atoms with Crippen LogP contribution in [0.15, 0.2) is 49.3 Å². The van der Waals surface area contributed by atoms with Gasteiger partial charge in [0.1, 0.15) is 0 Å². The van der Waals surface area contributed by atoms with E-state index >= 15 is 0 Å². The Morgan fingerprint density at radius 1 is 1.16 bits per heavy atom. The molecule has 0 aliphatic heterocycles. The average Bonchev–Trinajstić information content (AvgIpc) is 2.94. The SMILES string of the molecule is C=CCCN(CCOCCC)c1ccc2c3cnccc3n(C)c2c1. The Labute approximate surface area is 149 Å². The first kappa shape index (κ1) is 17.5. The molecular weight excluding hydrogens is 310 g/mol. The molecule has 25 heavy (non-hydrogen) atoms. The molecule has 0 fully saturated rings. The highest BCUT2D eigenvalue weighted by atomic mass is 16.5. The number of aromatic nitrogens is 2. The quantitative estimate of drug-likeness (QED) is 0.424. The van der Waals surface area contributed by atoms with Crippen LogP contribution in [0.5, 0.6) is 0 Å². The van der Waals surface area contributed by atoms with E-state index in [1.165, 1.54) is 27.5 Å². The lowest BCUT2D eigenvalue weighted by Crippen LogP contribution is -2.28. The summed E-state index contributed by atoms with van der Waals surface area (Å²) in [6.45, 7) is 9.42. The molecule has 0 amide bonds. The van der Waals surface area contributed by atoms with Crippen molar-refractivity contribution < 1.29 is 4.74 Å². The van der Waals surface area contributed by atoms with Crippen molar-refractivity contribution in [1.82, 2.24) is 9.55 Å². The number of anilines is 1. The number of benzene rings is 1. The second-order valence-corrected chi connectivity index (χ2v) is 6.33. The van der Waals surface area contributed by atoms with Gasteiger partial charge in [0.05, 0.1) is 17.6 Å². The molecular formula is C21H27N3O. The van der Waals surface area contributed by atoms with Crippen molar-refractivity contribution in [2.24, 2.45) is 7.05 Å². The number of aryl methyl sites for hydroxylation is 1. The number of nitrogens with zero attached hydrogens (tertiary/aromatic N) is 3. The van der Waals surface area contributed by atoms with Gasteiger partial charge >= 0.3 is 0 Å². The summed E-state index contributed by atoms with van der Waals surface area (Å²) in [5.74, 6) is 0. The minimum atomic E-state index is 0.752. The Morgan fingerprint density at radius 3 is 2.84 bits per heavy atom. The van der Waals surface area contributed by atoms with Crippen LogP contribution < -0.4 is 4.90 Å². The Morgan fingerprint density at radius 2 is 2.04 bits per heavy atom. The molecule has 0 radical (unpaired) electrons. The molecule has 0 N–H and O–H groups in total. The van der Waals surface area contributed by atoms with Crippen LogP contribution in [-0.2, 0) is 11.8 Å². The number of rotatable bonds is 9. The standard InChI is InChI=1S/C21H27N3O/c1-4-6-11-24(12-14-25-13-5-2)17-7-8-18-19-16-22-10-9-20(19)23(3)21(18)15-17/h4,7-10,15-16H,1,5-6,11-14H2,2-3H3. The first-order chi connectivity index (χ1) is 12.3. The zero-order valence-electron chi connectivity index (χ0n) is 15.2. The fourth-order valence-electron chi connectivity index (χ4n) is 3.28. The Bertz CT molecular complexity index is 853. The number of hydrogen-bond donors (Lipinski definition) is 0. The van der Waals surface area contributed by atoms with Crippen molar-refractivity contribution in [2.45, 2.75) is 19.8 Å². The van der Waals surface area contributed by atoms with E-state index in [0.29, 0.717) is 0 Å². The molecule has 0 atom stereocenters. The zero-order valence-corrected chi connectivity index (χ0v) is 15.2. The van der Waals surface area contributed by atoms with Gasteiger partial charge in [0, 0.05) is 55.6 Å². The van der Waals surface area contributed by atoms with Gasteiger partial charge < -0.3 is 14.2 Å². The van der Waals surface area contributed by atoms with E-state index in [4.69, 9.17) is 4.74 Å². The van der Waals surface area contributed by atoms with Crippen LogP contribution in [0.2, 0.25) is 0 Å². The van der Waals surface area contributed by atoms with Crippen molar-refractivity contribution in [2.75, 3.05) is 31.2 Å². The van der Waals surface area contributed by atoms with Gasteiger partial charge in [0.2, 0.25) is 0 Å². The lowest BCUT2D eigenvalue weighted by Gasteiger charge is -2.24. The molecule has 3 rings (SSSR count). The summed E-state index contributed by atoms with van der Waals surface area (Å²) < 4.78 is 7.94. The van der Waals surface area contributed by atoms with Crippen molar-refractivity contribution in [3.05, 3.63) is 49.3 Å². The van der Waals surface area contributed by atoms with Gasteiger partial charge in [-0.1, -0.05) is 19.1 Å². The van der Waals surface area contributed by atoms with E-state index in [0.717, 1.165) is 39.1 Å². The molecule has 132 valence electrons. The van der Waals surface area contributed by atoms with Crippen LogP contribution in [-0.4, -0.2) is 35.9 Å². The van der Waals surface area contributed by atoms with Crippen molar-refractivity contribution in [3.63, 3.8) is 0 Å². The summed E-state index contributed by atoms with van der Waals surface area (Å²) >= 11 is 0. The third-order valence-corrected chi connectivity index (χ3v) is 4.61. The Balaban J connectivity index is 1.92. The van der Waals surface area contributed by atoms with Gasteiger partial charge in [0.25, 0.3) is 0 Å². The van der Waals surface area contributed by atoms with Crippen LogP contribution in [0.3, 0.4) is 0 Å². The maximum absolute atomic E-state index is 5.69. The van der Waals surface area contributed by atoms with Crippen LogP contribution in [0.1, 0.15) is 19.8 Å². The van der Waals surface area contributed by atoms with Crippen molar-refractivity contribution in [1.29, 1.82) is 0 Å². The van der Waals surface area contributed by atoms with Crippen LogP contribution >= 0.6 is 0 Å². The largest absolute Gasteiger partial charge is 0.380 e. The van der Waals surface area contributed by atoms with Gasteiger partial charge in [0.15, 0.2) is 0 Å². The maximum atomic E-state index is 5.69. The smallest absolute Gasteiger partial charge is 0.0641 e. The second-order valence-electron chi connectivity index (χ2n) is 6.33. The molecule has 0 unspecified atom stereocenters. The van der Waals surface area contributed by atoms with E-state index in [2.05, 4.69) is 59.3 Å². The molecule has 0 saturated heterocycles. The van der Waals surface area contributed by atoms with Crippen molar-refractivity contribution in [3.8, 4) is 0 Å². The molecule has 0 bridgehead atoms. The summed E-state index contributed by atoms with van der Waals surface area (Å²) in [6, 6.07) is 8.77. The molecule has 0 saturated carbocycles. The summed E-state index contributed by atoms with van der Waals surface area (Å²) in [6.07, 6.45) is 7.79. The summed E-state index contributed by atoms with van der Waals surface area (Å²) in [4.78, 5) is 6.66. The van der Waals surface area contributed by atoms with E-state index in [-0.39, 0.29) is 0 Å². The first-order valence-electron chi connectivity index (χ1n) is 9.02. The molecule has 3 aromatic rings. The molecule has 2 aromatic heterocycles. The molecule has 0 spiro atoms. The summed E-state index contributed by atoms with van der Waals surface area (Å²) in [7, 11) is 2.12. The maximum Gasteiger partial charge on any atom is 0.0641 e. The second kappa shape index (κ2) is 8.17. The van der Waals surface area contributed by atoms with Crippen molar-refractivity contribution >= 4 is 27.5 Å². The predicted molar refractivity (Wildman–Crippen MR) is 106 cm³/mol. The third-order valence-electron chi connectivity index (χ3n) is 4.61. The highest BCUT2D eigenvalue weighted by molar-refractivity contribution is 6.08. The lowest BCUT2D eigenvalue weighted by atomic mass is 10.1. The fourth-order valence-corrected chi connectivity index (χ4v) is 3.28. The average molecular weight is 337 g/mol. The van der Waals surface area contributed by atoms with E-state index in [9.17, 15) is 0 Å².